The van der Waals surface area contributed by atoms with Crippen LogP contribution in [-0.2, 0) is 11.3 Å². The summed E-state index contributed by atoms with van der Waals surface area (Å²) < 4.78 is 6.81. The molecule has 1 unspecified atom stereocenters. The summed E-state index contributed by atoms with van der Waals surface area (Å²) in [5, 5.41) is 7.64. The van der Waals surface area contributed by atoms with Crippen LogP contribution >= 0.6 is 23.4 Å². The zero-order chi connectivity index (χ0) is 10.4. The van der Waals surface area contributed by atoms with Crippen LogP contribution < -0.4 is 0 Å². The largest absolute Gasteiger partial charge is 0.383 e. The third-order valence-electron chi connectivity index (χ3n) is 1.79. The number of rotatable bonds is 6. The standard InChI is InChI=1S/C8H14ClN3OS/c1-13-6-7(9)8-5-10-11-12(8)3-4-14-2/h5,7H,3-4,6H2,1-2H3. The van der Waals surface area contributed by atoms with Gasteiger partial charge in [-0.05, 0) is 6.26 Å². The molecule has 0 N–H and O–H groups in total. The van der Waals surface area contributed by atoms with Crippen molar-refractivity contribution in [2.45, 2.75) is 11.9 Å². The van der Waals surface area contributed by atoms with Gasteiger partial charge in [-0.1, -0.05) is 5.21 Å². The van der Waals surface area contributed by atoms with Crippen molar-refractivity contribution in [2.75, 3.05) is 25.7 Å². The van der Waals surface area contributed by atoms with Gasteiger partial charge in [0.15, 0.2) is 0 Å². The smallest absolute Gasteiger partial charge is 0.100 e. The van der Waals surface area contributed by atoms with Gasteiger partial charge in [0.25, 0.3) is 0 Å². The molecule has 6 heteroatoms. The second kappa shape index (κ2) is 6.27. The van der Waals surface area contributed by atoms with Crippen LogP contribution in [0.4, 0.5) is 0 Å². The molecule has 0 aromatic carbocycles. The van der Waals surface area contributed by atoms with Crippen molar-refractivity contribution in [3.63, 3.8) is 0 Å². The molecule has 1 heterocycles. The van der Waals surface area contributed by atoms with Crippen LogP contribution in [0.1, 0.15) is 11.1 Å². The lowest BCUT2D eigenvalue weighted by atomic mass is 10.3. The predicted octanol–water partition coefficient (Wildman–Crippen LogP) is 1.57. The quantitative estimate of drug-likeness (QED) is 0.702. The molecule has 4 nitrogen and oxygen atoms in total. The van der Waals surface area contributed by atoms with Crippen molar-refractivity contribution in [3.8, 4) is 0 Å². The minimum atomic E-state index is -0.170. The lowest BCUT2D eigenvalue weighted by molar-refractivity contribution is 0.196. The van der Waals surface area contributed by atoms with E-state index in [9.17, 15) is 0 Å². The first kappa shape index (κ1) is 11.8. The van der Waals surface area contributed by atoms with Crippen molar-refractivity contribution >= 4 is 23.4 Å². The fraction of sp³-hybridized carbons (Fsp3) is 0.750. The summed E-state index contributed by atoms with van der Waals surface area (Å²) >= 11 is 7.87. The third-order valence-corrected chi connectivity index (χ3v) is 2.73. The molecule has 14 heavy (non-hydrogen) atoms. The number of aromatic nitrogens is 3. The minimum Gasteiger partial charge on any atom is -0.383 e. The van der Waals surface area contributed by atoms with Crippen LogP contribution in [0.5, 0.6) is 0 Å². The van der Waals surface area contributed by atoms with Gasteiger partial charge in [0.05, 0.1) is 25.0 Å². The topological polar surface area (TPSA) is 39.9 Å². The Morgan fingerprint density at radius 1 is 1.71 bits per heavy atom. The minimum absolute atomic E-state index is 0.170. The Hall–Kier alpha value is -0.260. The zero-order valence-electron chi connectivity index (χ0n) is 8.31. The second-order valence-electron chi connectivity index (χ2n) is 2.80. The highest BCUT2D eigenvalue weighted by molar-refractivity contribution is 7.98. The first-order chi connectivity index (χ1) is 6.79. The average molecular weight is 236 g/mol. The maximum absolute atomic E-state index is 6.10. The van der Waals surface area contributed by atoms with E-state index in [0.29, 0.717) is 6.61 Å². The van der Waals surface area contributed by atoms with Gasteiger partial charge in [0.2, 0.25) is 0 Å². The molecule has 80 valence electrons. The molecule has 0 saturated heterocycles. The number of nitrogens with zero attached hydrogens (tertiary/aromatic N) is 3. The van der Waals surface area contributed by atoms with Crippen LogP contribution in [-0.4, -0.2) is 40.7 Å². The molecular formula is C8H14ClN3OS. The lowest BCUT2D eigenvalue weighted by Gasteiger charge is -2.09. The molecule has 1 aromatic rings. The van der Waals surface area contributed by atoms with Gasteiger partial charge in [0, 0.05) is 12.9 Å². The van der Waals surface area contributed by atoms with E-state index in [4.69, 9.17) is 16.3 Å². The summed E-state index contributed by atoms with van der Waals surface area (Å²) in [4.78, 5) is 0. The molecule has 0 saturated carbocycles. The van der Waals surface area contributed by atoms with E-state index in [2.05, 4.69) is 16.6 Å². The number of ether oxygens (including phenoxy) is 1. The van der Waals surface area contributed by atoms with Crippen molar-refractivity contribution in [3.05, 3.63) is 11.9 Å². The van der Waals surface area contributed by atoms with Crippen LogP contribution in [0.15, 0.2) is 6.20 Å². The van der Waals surface area contributed by atoms with Crippen LogP contribution in [0, 0.1) is 0 Å². The molecule has 0 aliphatic heterocycles. The number of hydrogen-bond acceptors (Lipinski definition) is 4. The number of alkyl halides is 1. The Morgan fingerprint density at radius 3 is 3.14 bits per heavy atom. The summed E-state index contributed by atoms with van der Waals surface area (Å²) in [6, 6.07) is 0. The van der Waals surface area contributed by atoms with Crippen molar-refractivity contribution in [1.82, 2.24) is 15.0 Å². The fourth-order valence-corrected chi connectivity index (χ4v) is 1.74. The summed E-state index contributed by atoms with van der Waals surface area (Å²) in [6.45, 7) is 1.32. The maximum Gasteiger partial charge on any atom is 0.100 e. The Labute approximate surface area is 93.0 Å². The van der Waals surface area contributed by atoms with E-state index in [1.165, 1.54) is 0 Å². The Bertz CT molecular complexity index is 269. The SMILES string of the molecule is COCC(Cl)c1cnnn1CCSC. The Balaban J connectivity index is 2.61. The van der Waals surface area contributed by atoms with Crippen LogP contribution in [0.2, 0.25) is 0 Å². The lowest BCUT2D eigenvalue weighted by Crippen LogP contribution is -2.11. The molecule has 1 aromatic heterocycles. The van der Waals surface area contributed by atoms with Gasteiger partial charge in [0.1, 0.15) is 5.38 Å². The molecule has 0 bridgehead atoms. The highest BCUT2D eigenvalue weighted by atomic mass is 35.5. The van der Waals surface area contributed by atoms with E-state index in [0.717, 1.165) is 18.0 Å². The third kappa shape index (κ3) is 3.15. The van der Waals surface area contributed by atoms with Gasteiger partial charge >= 0.3 is 0 Å². The Morgan fingerprint density at radius 2 is 2.50 bits per heavy atom. The molecule has 0 fully saturated rings. The van der Waals surface area contributed by atoms with Gasteiger partial charge in [-0.2, -0.15) is 11.8 Å². The molecule has 1 rings (SSSR count). The van der Waals surface area contributed by atoms with Crippen molar-refractivity contribution in [2.24, 2.45) is 0 Å². The normalized spacial score (nSPS) is 13.1. The molecule has 0 spiro atoms. The van der Waals surface area contributed by atoms with E-state index >= 15 is 0 Å². The molecule has 0 amide bonds. The van der Waals surface area contributed by atoms with E-state index < -0.39 is 0 Å². The molecule has 0 aliphatic carbocycles. The van der Waals surface area contributed by atoms with Crippen LogP contribution in [0.3, 0.4) is 0 Å². The predicted molar refractivity (Wildman–Crippen MR) is 58.9 cm³/mol. The first-order valence-electron chi connectivity index (χ1n) is 4.30. The number of aryl methyl sites for hydroxylation is 1. The molecule has 0 radical (unpaired) electrons. The number of hydrogen-bond donors (Lipinski definition) is 0. The highest BCUT2D eigenvalue weighted by Gasteiger charge is 2.13. The van der Waals surface area contributed by atoms with Crippen LogP contribution in [0.25, 0.3) is 0 Å². The van der Waals surface area contributed by atoms with E-state index in [-0.39, 0.29) is 5.38 Å². The number of thioether (sulfide) groups is 1. The van der Waals surface area contributed by atoms with Gasteiger partial charge in [-0.3, -0.25) is 0 Å². The fourth-order valence-electron chi connectivity index (χ4n) is 1.09. The van der Waals surface area contributed by atoms with Gasteiger partial charge < -0.3 is 4.74 Å². The zero-order valence-corrected chi connectivity index (χ0v) is 9.88. The van der Waals surface area contributed by atoms with Crippen molar-refractivity contribution < 1.29 is 4.74 Å². The van der Waals surface area contributed by atoms with Crippen molar-refractivity contribution in [1.29, 1.82) is 0 Å². The van der Waals surface area contributed by atoms with E-state index in [1.54, 1.807) is 25.1 Å². The summed E-state index contributed by atoms with van der Waals surface area (Å²) in [5.74, 6) is 1.01. The number of methoxy groups -OCH3 is 1. The van der Waals surface area contributed by atoms with Gasteiger partial charge in [-0.15, -0.1) is 16.7 Å². The van der Waals surface area contributed by atoms with Gasteiger partial charge in [-0.25, -0.2) is 4.68 Å². The molecule has 1 atom stereocenters. The number of halogens is 1. The summed E-state index contributed by atoms with van der Waals surface area (Å²) in [6.07, 6.45) is 3.75. The monoisotopic (exact) mass is 235 g/mol. The summed E-state index contributed by atoms with van der Waals surface area (Å²) in [5.41, 5.74) is 0.919. The molecule has 0 aliphatic rings. The maximum atomic E-state index is 6.10. The first-order valence-corrected chi connectivity index (χ1v) is 6.13. The van der Waals surface area contributed by atoms with E-state index in [1.807, 2.05) is 4.68 Å². The summed E-state index contributed by atoms with van der Waals surface area (Å²) in [7, 11) is 1.63. The second-order valence-corrected chi connectivity index (χ2v) is 4.31. The molecular weight excluding hydrogens is 222 g/mol. The highest BCUT2D eigenvalue weighted by Crippen LogP contribution is 2.19. The average Bonchev–Trinajstić information content (AvgIpc) is 2.63. The Kier molecular flexibility index (Phi) is 5.29.